The van der Waals surface area contributed by atoms with Gasteiger partial charge in [0, 0.05) is 11.6 Å². The van der Waals surface area contributed by atoms with Crippen LogP contribution in [0.2, 0.25) is 0 Å². The van der Waals surface area contributed by atoms with Crippen LogP contribution in [0.5, 0.6) is 0 Å². The molecule has 0 aliphatic heterocycles. The summed E-state index contributed by atoms with van der Waals surface area (Å²) in [6, 6.07) is 10.8. The predicted molar refractivity (Wildman–Crippen MR) is 59.7 cm³/mol. The maximum Gasteiger partial charge on any atom is 0.265 e. The minimum Gasteiger partial charge on any atom is -0.268 e. The van der Waals surface area contributed by atoms with Crippen LogP contribution in [0.4, 0.5) is 0 Å². The molecule has 1 aromatic carbocycles. The van der Waals surface area contributed by atoms with Gasteiger partial charge in [0.05, 0.1) is 5.56 Å². The zero-order valence-electron chi connectivity index (χ0n) is 8.69. The second-order valence-corrected chi connectivity index (χ2v) is 3.42. The van der Waals surface area contributed by atoms with Crippen molar-refractivity contribution in [3.05, 3.63) is 51.8 Å². The molecule has 4 nitrogen and oxygen atoms in total. The summed E-state index contributed by atoms with van der Waals surface area (Å²) in [5, 5.41) is 15.2. The Labute approximate surface area is 92.2 Å². The van der Waals surface area contributed by atoms with E-state index in [2.05, 4.69) is 10.2 Å². The van der Waals surface area contributed by atoms with E-state index in [9.17, 15) is 4.79 Å². The Balaban J connectivity index is 2.71. The van der Waals surface area contributed by atoms with E-state index < -0.39 is 0 Å². The van der Waals surface area contributed by atoms with Gasteiger partial charge in [0.15, 0.2) is 0 Å². The molecule has 16 heavy (non-hydrogen) atoms. The van der Waals surface area contributed by atoms with Gasteiger partial charge in [-0.15, -0.1) is 0 Å². The third kappa shape index (κ3) is 1.71. The minimum absolute atomic E-state index is 0.290. The maximum absolute atomic E-state index is 11.0. The second kappa shape index (κ2) is 3.99. The van der Waals surface area contributed by atoms with Crippen molar-refractivity contribution in [2.75, 3.05) is 0 Å². The van der Waals surface area contributed by atoms with E-state index in [1.807, 2.05) is 37.3 Å². The highest BCUT2D eigenvalue weighted by molar-refractivity contribution is 5.68. The Bertz CT molecular complexity index is 623. The number of nitriles is 1. The van der Waals surface area contributed by atoms with Crippen molar-refractivity contribution >= 4 is 0 Å². The lowest BCUT2D eigenvalue weighted by atomic mass is 10.0. The smallest absolute Gasteiger partial charge is 0.265 e. The van der Waals surface area contributed by atoms with Gasteiger partial charge in [-0.05, 0) is 12.5 Å². The van der Waals surface area contributed by atoms with Crippen LogP contribution in [0.25, 0.3) is 11.3 Å². The Hall–Kier alpha value is -2.41. The monoisotopic (exact) mass is 211 g/mol. The number of benzene rings is 1. The summed E-state index contributed by atoms with van der Waals surface area (Å²) in [6.07, 6.45) is 0. The van der Waals surface area contributed by atoms with Crippen LogP contribution in [0.15, 0.2) is 35.1 Å². The topological polar surface area (TPSA) is 69.5 Å². The first kappa shape index (κ1) is 10.1. The molecule has 0 amide bonds. The Morgan fingerprint density at radius 3 is 2.81 bits per heavy atom. The van der Waals surface area contributed by atoms with Crippen molar-refractivity contribution in [1.82, 2.24) is 10.2 Å². The third-order valence-electron chi connectivity index (χ3n) is 2.33. The van der Waals surface area contributed by atoms with Gasteiger partial charge in [-0.2, -0.15) is 10.4 Å². The third-order valence-corrected chi connectivity index (χ3v) is 2.33. The van der Waals surface area contributed by atoms with Gasteiger partial charge in [-0.1, -0.05) is 24.3 Å². The summed E-state index contributed by atoms with van der Waals surface area (Å²) in [5.74, 6) is 0. The zero-order chi connectivity index (χ0) is 11.5. The van der Waals surface area contributed by atoms with E-state index in [4.69, 9.17) is 5.26 Å². The van der Waals surface area contributed by atoms with Crippen LogP contribution in [-0.4, -0.2) is 10.2 Å². The lowest BCUT2D eigenvalue weighted by Crippen LogP contribution is -2.09. The van der Waals surface area contributed by atoms with Gasteiger partial charge in [0.2, 0.25) is 0 Å². The molecule has 2 aromatic rings. The van der Waals surface area contributed by atoms with E-state index in [1.165, 1.54) is 6.07 Å². The first-order valence-electron chi connectivity index (χ1n) is 4.78. The number of rotatable bonds is 1. The highest BCUT2D eigenvalue weighted by Gasteiger charge is 2.09. The van der Waals surface area contributed by atoms with Gasteiger partial charge in [0.25, 0.3) is 5.56 Å². The van der Waals surface area contributed by atoms with Crippen LogP contribution in [-0.2, 0) is 0 Å². The molecule has 0 aliphatic carbocycles. The Kier molecular flexibility index (Phi) is 2.52. The van der Waals surface area contributed by atoms with Crippen molar-refractivity contribution in [3.63, 3.8) is 0 Å². The second-order valence-electron chi connectivity index (χ2n) is 3.42. The summed E-state index contributed by atoms with van der Waals surface area (Å²) < 4.78 is 0. The molecule has 0 radical (unpaired) electrons. The number of aromatic amines is 1. The molecule has 1 aromatic heterocycles. The average molecular weight is 211 g/mol. The molecule has 0 atom stereocenters. The molecule has 0 saturated carbocycles. The van der Waals surface area contributed by atoms with Crippen LogP contribution >= 0.6 is 0 Å². The standard InChI is InChI=1S/C12H9N3O/c1-8-4-2-3-5-10(8)12-9(7-13)6-11(16)14-15-12/h2-6H,1H3,(H,14,16). The van der Waals surface area contributed by atoms with Gasteiger partial charge in [-0.3, -0.25) is 4.79 Å². The van der Waals surface area contributed by atoms with Crippen LogP contribution in [0.3, 0.4) is 0 Å². The number of hydrogen-bond acceptors (Lipinski definition) is 3. The van der Waals surface area contributed by atoms with Crippen molar-refractivity contribution in [2.45, 2.75) is 6.92 Å². The summed E-state index contributed by atoms with van der Waals surface area (Å²) in [6.45, 7) is 1.93. The molecular formula is C12H9N3O. The van der Waals surface area contributed by atoms with E-state index in [0.717, 1.165) is 11.1 Å². The van der Waals surface area contributed by atoms with Crippen molar-refractivity contribution in [3.8, 4) is 17.3 Å². The highest BCUT2D eigenvalue weighted by atomic mass is 16.1. The van der Waals surface area contributed by atoms with E-state index in [1.54, 1.807) is 0 Å². The summed E-state index contributed by atoms with van der Waals surface area (Å²) in [5.41, 5.74) is 2.31. The average Bonchev–Trinajstić information content (AvgIpc) is 2.30. The fourth-order valence-corrected chi connectivity index (χ4v) is 1.53. The number of H-pyrrole nitrogens is 1. The molecule has 78 valence electrons. The quantitative estimate of drug-likeness (QED) is 0.779. The molecule has 2 rings (SSSR count). The van der Waals surface area contributed by atoms with Crippen molar-refractivity contribution < 1.29 is 0 Å². The first-order chi connectivity index (χ1) is 7.72. The highest BCUT2D eigenvalue weighted by Crippen LogP contribution is 2.22. The molecule has 1 heterocycles. The number of hydrogen-bond donors (Lipinski definition) is 1. The number of nitrogens with zero attached hydrogens (tertiary/aromatic N) is 2. The number of aryl methyl sites for hydroxylation is 1. The summed E-state index contributed by atoms with van der Waals surface area (Å²) in [4.78, 5) is 11.0. The van der Waals surface area contributed by atoms with E-state index in [0.29, 0.717) is 5.69 Å². The van der Waals surface area contributed by atoms with E-state index >= 15 is 0 Å². The summed E-state index contributed by atoms with van der Waals surface area (Å²) in [7, 11) is 0. The Morgan fingerprint density at radius 1 is 1.38 bits per heavy atom. The largest absolute Gasteiger partial charge is 0.268 e. The zero-order valence-corrected chi connectivity index (χ0v) is 8.69. The molecule has 0 spiro atoms. The Morgan fingerprint density at radius 2 is 2.12 bits per heavy atom. The fourth-order valence-electron chi connectivity index (χ4n) is 1.53. The van der Waals surface area contributed by atoms with Gasteiger partial charge < -0.3 is 0 Å². The molecule has 0 saturated heterocycles. The maximum atomic E-state index is 11.0. The van der Waals surface area contributed by atoms with Crippen molar-refractivity contribution in [1.29, 1.82) is 5.26 Å². The SMILES string of the molecule is Cc1ccccc1-c1n[nH]c(=O)cc1C#N. The van der Waals surface area contributed by atoms with Crippen molar-refractivity contribution in [2.24, 2.45) is 0 Å². The van der Waals surface area contributed by atoms with Gasteiger partial charge >= 0.3 is 0 Å². The fraction of sp³-hybridized carbons (Fsp3) is 0.0833. The molecule has 0 unspecified atom stereocenters. The number of aromatic nitrogens is 2. The molecule has 4 heteroatoms. The molecule has 0 aliphatic rings. The summed E-state index contributed by atoms with van der Waals surface area (Å²) >= 11 is 0. The lowest BCUT2D eigenvalue weighted by molar-refractivity contribution is 0.988. The van der Waals surface area contributed by atoms with Gasteiger partial charge in [-0.25, -0.2) is 5.10 Å². The molecule has 0 bridgehead atoms. The molecule has 0 fully saturated rings. The predicted octanol–water partition coefficient (Wildman–Crippen LogP) is 1.62. The normalized spacial score (nSPS) is 9.75. The van der Waals surface area contributed by atoms with E-state index in [-0.39, 0.29) is 11.1 Å². The lowest BCUT2D eigenvalue weighted by Gasteiger charge is -2.04. The van der Waals surface area contributed by atoms with Crippen LogP contribution in [0.1, 0.15) is 11.1 Å². The number of nitrogens with one attached hydrogen (secondary N) is 1. The van der Waals surface area contributed by atoms with Crippen LogP contribution in [0, 0.1) is 18.3 Å². The van der Waals surface area contributed by atoms with Gasteiger partial charge in [0.1, 0.15) is 11.8 Å². The molecule has 1 N–H and O–H groups in total. The minimum atomic E-state index is -0.367. The van der Waals surface area contributed by atoms with Crippen LogP contribution < -0.4 is 5.56 Å². The first-order valence-corrected chi connectivity index (χ1v) is 4.78. The molecular weight excluding hydrogens is 202 g/mol.